The summed E-state index contributed by atoms with van der Waals surface area (Å²) in [4.78, 5) is 0. The van der Waals surface area contributed by atoms with Crippen LogP contribution in [-0.4, -0.2) is 5.11 Å². The maximum absolute atomic E-state index is 13.7. The van der Waals surface area contributed by atoms with Crippen LogP contribution in [0.3, 0.4) is 0 Å². The Balaban J connectivity index is 2.49. The maximum Gasteiger partial charge on any atom is 0.132 e. The molecule has 0 aliphatic carbocycles. The Morgan fingerprint density at radius 1 is 0.842 bits per heavy atom. The molecule has 19 heavy (non-hydrogen) atoms. The number of hydrogen-bond acceptors (Lipinski definition) is 1. The Hall–Kier alpha value is -1.81. The minimum absolute atomic E-state index is 0.0198. The predicted molar refractivity (Wildman–Crippen MR) is 66.3 cm³/mol. The zero-order chi connectivity index (χ0) is 14.2. The molecule has 0 aliphatic heterocycles. The molecule has 0 aromatic heterocycles. The second kappa shape index (κ2) is 5.05. The van der Waals surface area contributed by atoms with Crippen LogP contribution >= 0.6 is 0 Å². The summed E-state index contributed by atoms with van der Waals surface area (Å²) in [5.74, 6) is -1.91. The van der Waals surface area contributed by atoms with Gasteiger partial charge in [0.15, 0.2) is 0 Å². The van der Waals surface area contributed by atoms with Crippen molar-refractivity contribution in [2.45, 2.75) is 20.0 Å². The Labute approximate surface area is 109 Å². The molecule has 0 saturated carbocycles. The van der Waals surface area contributed by atoms with Gasteiger partial charge in [-0.3, -0.25) is 0 Å². The highest BCUT2D eigenvalue weighted by Gasteiger charge is 2.18. The molecule has 2 rings (SSSR count). The van der Waals surface area contributed by atoms with Crippen LogP contribution < -0.4 is 0 Å². The monoisotopic (exact) mass is 266 g/mol. The Morgan fingerprint density at radius 2 is 1.53 bits per heavy atom. The third-order valence-electron chi connectivity index (χ3n) is 3.10. The first-order chi connectivity index (χ1) is 8.90. The number of halogens is 3. The molecule has 0 fully saturated rings. The molecule has 1 N–H and O–H groups in total. The zero-order valence-electron chi connectivity index (χ0n) is 10.5. The molecular weight excluding hydrogens is 253 g/mol. The van der Waals surface area contributed by atoms with Crippen LogP contribution in [-0.2, 0) is 0 Å². The average molecular weight is 266 g/mol. The summed E-state index contributed by atoms with van der Waals surface area (Å²) in [5.41, 5.74) is 1.13. The number of aryl methyl sites for hydroxylation is 2. The summed E-state index contributed by atoms with van der Waals surface area (Å²) in [6.45, 7) is 3.11. The molecule has 0 amide bonds. The largest absolute Gasteiger partial charge is 0.384 e. The van der Waals surface area contributed by atoms with Gasteiger partial charge in [0.2, 0.25) is 0 Å². The number of benzene rings is 2. The van der Waals surface area contributed by atoms with Gasteiger partial charge < -0.3 is 5.11 Å². The molecule has 0 radical (unpaired) electrons. The summed E-state index contributed by atoms with van der Waals surface area (Å²) in [7, 11) is 0. The molecule has 100 valence electrons. The van der Waals surface area contributed by atoms with Crippen LogP contribution in [0.1, 0.15) is 28.4 Å². The third-order valence-corrected chi connectivity index (χ3v) is 3.10. The van der Waals surface area contributed by atoms with Crippen molar-refractivity contribution >= 4 is 0 Å². The van der Waals surface area contributed by atoms with Crippen LogP contribution in [0.15, 0.2) is 30.3 Å². The first-order valence-corrected chi connectivity index (χ1v) is 5.80. The van der Waals surface area contributed by atoms with Gasteiger partial charge in [0.25, 0.3) is 0 Å². The molecule has 0 heterocycles. The van der Waals surface area contributed by atoms with E-state index in [0.29, 0.717) is 11.1 Å². The van der Waals surface area contributed by atoms with E-state index in [1.54, 1.807) is 6.92 Å². The molecular formula is C15H13F3O. The van der Waals surface area contributed by atoms with Gasteiger partial charge in [-0.1, -0.05) is 6.07 Å². The Bertz CT molecular complexity index is 623. The summed E-state index contributed by atoms with van der Waals surface area (Å²) in [6, 6.07) is 5.85. The summed E-state index contributed by atoms with van der Waals surface area (Å²) in [5, 5.41) is 10.2. The van der Waals surface area contributed by atoms with Crippen molar-refractivity contribution in [3.63, 3.8) is 0 Å². The van der Waals surface area contributed by atoms with Gasteiger partial charge >= 0.3 is 0 Å². The SMILES string of the molecule is Cc1cc(C(O)c2ccc(F)cc2C)c(F)cc1F. The number of rotatable bonds is 2. The first kappa shape index (κ1) is 13.6. The van der Waals surface area contributed by atoms with Gasteiger partial charge in [0, 0.05) is 11.6 Å². The van der Waals surface area contributed by atoms with Crippen molar-refractivity contribution in [1.29, 1.82) is 0 Å². The van der Waals surface area contributed by atoms with Crippen LogP contribution in [0.2, 0.25) is 0 Å². The Kier molecular flexibility index (Phi) is 3.62. The minimum Gasteiger partial charge on any atom is -0.384 e. The normalized spacial score (nSPS) is 12.5. The van der Waals surface area contributed by atoms with Crippen molar-refractivity contribution in [3.05, 3.63) is 70.0 Å². The summed E-state index contributed by atoms with van der Waals surface area (Å²) < 4.78 is 39.9. The fourth-order valence-corrected chi connectivity index (χ4v) is 2.00. The highest BCUT2D eigenvalue weighted by molar-refractivity contribution is 5.37. The van der Waals surface area contributed by atoms with Crippen LogP contribution in [0.4, 0.5) is 13.2 Å². The van der Waals surface area contributed by atoms with Gasteiger partial charge in [-0.25, -0.2) is 13.2 Å². The van der Waals surface area contributed by atoms with E-state index in [1.165, 1.54) is 31.2 Å². The molecule has 1 atom stereocenters. The van der Waals surface area contributed by atoms with Crippen molar-refractivity contribution in [1.82, 2.24) is 0 Å². The molecule has 0 saturated heterocycles. The Morgan fingerprint density at radius 3 is 2.16 bits per heavy atom. The van der Waals surface area contributed by atoms with Crippen molar-refractivity contribution in [2.24, 2.45) is 0 Å². The molecule has 1 nitrogen and oxygen atoms in total. The molecule has 2 aromatic carbocycles. The van der Waals surface area contributed by atoms with Crippen molar-refractivity contribution in [3.8, 4) is 0 Å². The lowest BCUT2D eigenvalue weighted by Gasteiger charge is -2.16. The molecule has 0 spiro atoms. The van der Waals surface area contributed by atoms with E-state index in [1.807, 2.05) is 0 Å². The summed E-state index contributed by atoms with van der Waals surface area (Å²) in [6.07, 6.45) is -1.25. The third kappa shape index (κ3) is 2.63. The van der Waals surface area contributed by atoms with Crippen molar-refractivity contribution < 1.29 is 18.3 Å². The molecule has 0 bridgehead atoms. The lowest BCUT2D eigenvalue weighted by Crippen LogP contribution is -2.06. The van der Waals surface area contributed by atoms with E-state index in [0.717, 1.165) is 6.07 Å². The minimum atomic E-state index is -1.25. The van der Waals surface area contributed by atoms with Crippen LogP contribution in [0.25, 0.3) is 0 Å². The molecule has 4 heteroatoms. The smallest absolute Gasteiger partial charge is 0.132 e. The number of aliphatic hydroxyl groups is 1. The lowest BCUT2D eigenvalue weighted by atomic mass is 9.96. The first-order valence-electron chi connectivity index (χ1n) is 5.80. The molecule has 0 aliphatic rings. The zero-order valence-corrected chi connectivity index (χ0v) is 10.5. The highest BCUT2D eigenvalue weighted by Crippen LogP contribution is 2.28. The van der Waals surface area contributed by atoms with E-state index in [2.05, 4.69) is 0 Å². The fraction of sp³-hybridized carbons (Fsp3) is 0.200. The van der Waals surface area contributed by atoms with Gasteiger partial charge in [-0.15, -0.1) is 0 Å². The van der Waals surface area contributed by atoms with Gasteiger partial charge in [0.1, 0.15) is 23.6 Å². The van der Waals surface area contributed by atoms with E-state index < -0.39 is 23.6 Å². The van der Waals surface area contributed by atoms with Crippen LogP contribution in [0.5, 0.6) is 0 Å². The maximum atomic E-state index is 13.7. The lowest BCUT2D eigenvalue weighted by molar-refractivity contribution is 0.213. The average Bonchev–Trinajstić information content (AvgIpc) is 2.33. The van der Waals surface area contributed by atoms with Gasteiger partial charge in [-0.05, 0) is 48.7 Å². The van der Waals surface area contributed by atoms with Crippen molar-refractivity contribution in [2.75, 3.05) is 0 Å². The molecule has 1 unspecified atom stereocenters. The highest BCUT2D eigenvalue weighted by atomic mass is 19.1. The number of aliphatic hydroxyl groups excluding tert-OH is 1. The molecule has 2 aromatic rings. The van der Waals surface area contributed by atoms with E-state index in [4.69, 9.17) is 0 Å². The predicted octanol–water partition coefficient (Wildman–Crippen LogP) is 3.80. The topological polar surface area (TPSA) is 20.2 Å². The number of hydrogen-bond donors (Lipinski definition) is 1. The van der Waals surface area contributed by atoms with E-state index in [-0.39, 0.29) is 11.1 Å². The van der Waals surface area contributed by atoms with Crippen LogP contribution in [0, 0.1) is 31.3 Å². The van der Waals surface area contributed by atoms with Gasteiger partial charge in [-0.2, -0.15) is 0 Å². The summed E-state index contributed by atoms with van der Waals surface area (Å²) >= 11 is 0. The standard InChI is InChI=1S/C15H13F3O/c1-8-5-10(16)3-4-11(8)15(19)12-6-9(2)13(17)7-14(12)18/h3-7,15,19H,1-2H3. The van der Waals surface area contributed by atoms with Gasteiger partial charge in [0.05, 0.1) is 0 Å². The van der Waals surface area contributed by atoms with E-state index in [9.17, 15) is 18.3 Å². The fourth-order valence-electron chi connectivity index (χ4n) is 2.00. The second-order valence-electron chi connectivity index (χ2n) is 4.53. The van der Waals surface area contributed by atoms with E-state index >= 15 is 0 Å². The quantitative estimate of drug-likeness (QED) is 0.876. The second-order valence-corrected chi connectivity index (χ2v) is 4.53.